The second-order valence-electron chi connectivity index (χ2n) is 3.15. The van der Waals surface area contributed by atoms with Gasteiger partial charge in [-0.05, 0) is 19.1 Å². The van der Waals surface area contributed by atoms with Crippen LogP contribution >= 0.6 is 11.6 Å². The molecule has 0 saturated carbocycles. The summed E-state index contributed by atoms with van der Waals surface area (Å²) in [6.07, 6.45) is 3.61. The smallest absolute Gasteiger partial charge is 0.166 e. The first-order chi connectivity index (χ1) is 7.27. The highest BCUT2D eigenvalue weighted by atomic mass is 35.5. The van der Waals surface area contributed by atoms with Gasteiger partial charge in [0.1, 0.15) is 11.6 Å². The van der Waals surface area contributed by atoms with Gasteiger partial charge in [-0.2, -0.15) is 0 Å². The molecule has 2 aromatic rings. The third-order valence-electron chi connectivity index (χ3n) is 2.12. The van der Waals surface area contributed by atoms with Crippen molar-refractivity contribution in [2.75, 3.05) is 0 Å². The number of aromatic nitrogens is 2. The van der Waals surface area contributed by atoms with Gasteiger partial charge in [-0.1, -0.05) is 23.7 Å². The molecule has 15 heavy (non-hydrogen) atoms. The van der Waals surface area contributed by atoms with E-state index < -0.39 is 0 Å². The number of aryl methyl sites for hydroxylation is 1. The van der Waals surface area contributed by atoms with Gasteiger partial charge in [0.15, 0.2) is 6.73 Å². The SMILES string of the molecule is Cc1nccn1COc1ccccc1Cl. The van der Waals surface area contributed by atoms with Crippen molar-refractivity contribution < 1.29 is 4.74 Å². The number of imidazole rings is 1. The van der Waals surface area contributed by atoms with Gasteiger partial charge in [0, 0.05) is 12.4 Å². The van der Waals surface area contributed by atoms with Crippen molar-refractivity contribution >= 4 is 11.6 Å². The van der Waals surface area contributed by atoms with Crippen molar-refractivity contribution in [2.24, 2.45) is 0 Å². The molecule has 0 spiro atoms. The van der Waals surface area contributed by atoms with Crippen LogP contribution in [-0.4, -0.2) is 9.55 Å². The van der Waals surface area contributed by atoms with Crippen molar-refractivity contribution in [3.05, 3.63) is 47.5 Å². The maximum Gasteiger partial charge on any atom is 0.166 e. The molecule has 0 fully saturated rings. The van der Waals surface area contributed by atoms with Crippen molar-refractivity contribution in [1.29, 1.82) is 0 Å². The zero-order chi connectivity index (χ0) is 10.7. The van der Waals surface area contributed by atoms with E-state index in [0.29, 0.717) is 17.5 Å². The lowest BCUT2D eigenvalue weighted by Gasteiger charge is -2.09. The molecule has 0 radical (unpaired) electrons. The highest BCUT2D eigenvalue weighted by Gasteiger charge is 2.01. The zero-order valence-corrected chi connectivity index (χ0v) is 9.11. The van der Waals surface area contributed by atoms with Crippen LogP contribution in [0.4, 0.5) is 0 Å². The summed E-state index contributed by atoms with van der Waals surface area (Å²) in [5, 5.41) is 0.621. The van der Waals surface area contributed by atoms with Crippen LogP contribution in [-0.2, 0) is 6.73 Å². The van der Waals surface area contributed by atoms with Crippen molar-refractivity contribution in [2.45, 2.75) is 13.7 Å². The maximum atomic E-state index is 5.95. The number of rotatable bonds is 3. The summed E-state index contributed by atoms with van der Waals surface area (Å²) in [6, 6.07) is 7.41. The van der Waals surface area contributed by atoms with E-state index in [1.165, 1.54) is 0 Å². The Morgan fingerprint density at radius 3 is 2.87 bits per heavy atom. The van der Waals surface area contributed by atoms with Gasteiger partial charge in [-0.25, -0.2) is 4.98 Å². The first-order valence-electron chi connectivity index (χ1n) is 4.62. The lowest BCUT2D eigenvalue weighted by atomic mass is 10.3. The Morgan fingerprint density at radius 1 is 1.40 bits per heavy atom. The van der Waals surface area contributed by atoms with Gasteiger partial charge in [0.05, 0.1) is 5.02 Å². The van der Waals surface area contributed by atoms with Crippen LogP contribution in [0.3, 0.4) is 0 Å². The molecule has 2 rings (SSSR count). The number of hydrogen-bond donors (Lipinski definition) is 0. The molecule has 0 aliphatic rings. The normalized spacial score (nSPS) is 10.3. The van der Waals surface area contributed by atoms with Crippen LogP contribution in [0.2, 0.25) is 5.02 Å². The van der Waals surface area contributed by atoms with Crippen molar-refractivity contribution in [3.8, 4) is 5.75 Å². The fourth-order valence-electron chi connectivity index (χ4n) is 1.24. The highest BCUT2D eigenvalue weighted by Crippen LogP contribution is 2.23. The Balaban J connectivity index is 2.06. The van der Waals surface area contributed by atoms with E-state index >= 15 is 0 Å². The number of hydrogen-bond acceptors (Lipinski definition) is 2. The molecule has 4 heteroatoms. The summed E-state index contributed by atoms with van der Waals surface area (Å²) in [5.74, 6) is 1.61. The van der Waals surface area contributed by atoms with Gasteiger partial charge in [0.2, 0.25) is 0 Å². The van der Waals surface area contributed by atoms with Gasteiger partial charge < -0.3 is 9.30 Å². The quantitative estimate of drug-likeness (QED) is 0.799. The van der Waals surface area contributed by atoms with Crippen LogP contribution in [0.15, 0.2) is 36.7 Å². The van der Waals surface area contributed by atoms with Gasteiger partial charge in [0.25, 0.3) is 0 Å². The predicted molar refractivity (Wildman–Crippen MR) is 59.0 cm³/mol. The number of benzene rings is 1. The Kier molecular flexibility index (Phi) is 2.92. The molecule has 78 valence electrons. The summed E-state index contributed by atoms with van der Waals surface area (Å²) in [7, 11) is 0. The predicted octanol–water partition coefficient (Wildman–Crippen LogP) is 2.88. The third kappa shape index (κ3) is 2.30. The third-order valence-corrected chi connectivity index (χ3v) is 2.43. The number of halogens is 1. The minimum atomic E-state index is 0.426. The van der Waals surface area contributed by atoms with E-state index in [0.717, 1.165) is 5.82 Å². The van der Waals surface area contributed by atoms with Crippen LogP contribution < -0.4 is 4.74 Å². The molecule has 0 bridgehead atoms. The Hall–Kier alpha value is -1.48. The van der Waals surface area contributed by atoms with Gasteiger partial charge in [-0.3, -0.25) is 0 Å². The molecule has 1 aromatic carbocycles. The van der Waals surface area contributed by atoms with Crippen molar-refractivity contribution in [3.63, 3.8) is 0 Å². The summed E-state index contributed by atoms with van der Waals surface area (Å²) in [6.45, 7) is 2.35. The Bertz CT molecular complexity index is 453. The highest BCUT2D eigenvalue weighted by molar-refractivity contribution is 6.32. The van der Waals surface area contributed by atoms with Crippen LogP contribution in [0.1, 0.15) is 5.82 Å². The fraction of sp³-hybridized carbons (Fsp3) is 0.182. The van der Waals surface area contributed by atoms with Crippen LogP contribution in [0, 0.1) is 6.92 Å². The zero-order valence-electron chi connectivity index (χ0n) is 8.35. The topological polar surface area (TPSA) is 27.1 Å². The van der Waals surface area contributed by atoms with E-state index in [1.54, 1.807) is 12.3 Å². The van der Waals surface area contributed by atoms with Crippen LogP contribution in [0.5, 0.6) is 5.75 Å². The first-order valence-corrected chi connectivity index (χ1v) is 5.00. The standard InChI is InChI=1S/C11H11ClN2O/c1-9-13-6-7-14(9)8-15-11-5-3-2-4-10(11)12/h2-7H,8H2,1H3. The minimum absolute atomic E-state index is 0.426. The Morgan fingerprint density at radius 2 is 2.20 bits per heavy atom. The molecule has 1 heterocycles. The Labute approximate surface area is 93.3 Å². The monoisotopic (exact) mass is 222 g/mol. The second-order valence-corrected chi connectivity index (χ2v) is 3.56. The molecule has 0 atom stereocenters. The number of nitrogens with zero attached hydrogens (tertiary/aromatic N) is 2. The lowest BCUT2D eigenvalue weighted by Crippen LogP contribution is -2.05. The van der Waals surface area contributed by atoms with E-state index in [-0.39, 0.29) is 0 Å². The molecule has 0 unspecified atom stereocenters. The van der Waals surface area contributed by atoms with E-state index in [4.69, 9.17) is 16.3 Å². The summed E-state index contributed by atoms with van der Waals surface area (Å²) in [5.41, 5.74) is 0. The van der Waals surface area contributed by atoms with Crippen molar-refractivity contribution in [1.82, 2.24) is 9.55 Å². The van der Waals surface area contributed by atoms with Gasteiger partial charge >= 0.3 is 0 Å². The minimum Gasteiger partial charge on any atom is -0.471 e. The summed E-state index contributed by atoms with van der Waals surface area (Å²) < 4.78 is 7.46. The molecule has 0 aliphatic carbocycles. The molecular weight excluding hydrogens is 212 g/mol. The summed E-state index contributed by atoms with van der Waals surface area (Å²) in [4.78, 5) is 4.10. The molecule has 3 nitrogen and oxygen atoms in total. The lowest BCUT2D eigenvalue weighted by molar-refractivity contribution is 0.234. The van der Waals surface area contributed by atoms with E-state index in [2.05, 4.69) is 4.98 Å². The average molecular weight is 223 g/mol. The number of ether oxygens (including phenoxy) is 1. The van der Waals surface area contributed by atoms with E-state index in [1.807, 2.05) is 35.9 Å². The molecule has 1 aromatic heterocycles. The largest absolute Gasteiger partial charge is 0.471 e. The molecule has 0 saturated heterocycles. The fourth-order valence-corrected chi connectivity index (χ4v) is 1.43. The molecule has 0 aliphatic heterocycles. The maximum absolute atomic E-state index is 5.95. The molecular formula is C11H11ClN2O. The molecule has 0 N–H and O–H groups in total. The van der Waals surface area contributed by atoms with Crippen LogP contribution in [0.25, 0.3) is 0 Å². The average Bonchev–Trinajstić information content (AvgIpc) is 2.63. The first kappa shape index (κ1) is 10.1. The summed E-state index contributed by atoms with van der Waals surface area (Å²) >= 11 is 5.95. The van der Waals surface area contributed by atoms with E-state index in [9.17, 15) is 0 Å². The molecule has 0 amide bonds. The van der Waals surface area contributed by atoms with Gasteiger partial charge in [-0.15, -0.1) is 0 Å². The number of para-hydroxylation sites is 1. The second kappa shape index (κ2) is 4.36.